The summed E-state index contributed by atoms with van der Waals surface area (Å²) in [7, 11) is 0. The Balaban J connectivity index is 1.47. The third kappa shape index (κ3) is 3.74. The molecule has 0 amide bonds. The second-order valence-electron chi connectivity index (χ2n) is 10.0. The molecule has 4 heteroatoms. The lowest BCUT2D eigenvalue weighted by Crippen LogP contribution is -2.37. The topological polar surface area (TPSA) is 53.3 Å². The van der Waals surface area contributed by atoms with Gasteiger partial charge in [0.2, 0.25) is 0 Å². The van der Waals surface area contributed by atoms with Gasteiger partial charge in [0.15, 0.2) is 5.78 Å². The van der Waals surface area contributed by atoms with Crippen LogP contribution in [0.4, 0.5) is 0 Å². The average Bonchev–Trinajstić information content (AvgIpc) is 3.23. The van der Waals surface area contributed by atoms with Crippen LogP contribution in [-0.4, -0.2) is 43.5 Å². The number of morpholine rings is 1. The number of carbonyl (C=O) groups is 1. The van der Waals surface area contributed by atoms with E-state index in [1.165, 1.54) is 16.7 Å². The zero-order valence-electron chi connectivity index (χ0n) is 20.0. The van der Waals surface area contributed by atoms with Gasteiger partial charge in [-0.3, -0.25) is 9.69 Å². The van der Waals surface area contributed by atoms with E-state index < -0.39 is 0 Å². The maximum absolute atomic E-state index is 13.8. The molecule has 0 atom stereocenters. The van der Waals surface area contributed by atoms with E-state index in [9.17, 15) is 10.1 Å². The summed E-state index contributed by atoms with van der Waals surface area (Å²) in [6.07, 6.45) is 3.84. The summed E-state index contributed by atoms with van der Waals surface area (Å²) in [6, 6.07) is 12.5. The number of nitrogens with zero attached hydrogens (tertiary/aromatic N) is 2. The van der Waals surface area contributed by atoms with Crippen LogP contribution in [0.1, 0.15) is 70.9 Å². The van der Waals surface area contributed by atoms with E-state index >= 15 is 0 Å². The van der Waals surface area contributed by atoms with E-state index in [-0.39, 0.29) is 11.2 Å². The second-order valence-corrected chi connectivity index (χ2v) is 10.0. The van der Waals surface area contributed by atoms with Crippen LogP contribution in [0.5, 0.6) is 0 Å². The summed E-state index contributed by atoms with van der Waals surface area (Å²) in [5.41, 5.74) is 9.35. The van der Waals surface area contributed by atoms with Crippen molar-refractivity contribution in [2.45, 2.75) is 51.9 Å². The summed E-state index contributed by atoms with van der Waals surface area (Å²) >= 11 is 0. The number of rotatable bonds is 5. The van der Waals surface area contributed by atoms with Gasteiger partial charge < -0.3 is 4.74 Å². The molecule has 1 heterocycles. The second kappa shape index (κ2) is 8.56. The molecule has 0 spiro atoms. The van der Waals surface area contributed by atoms with Crippen LogP contribution in [0, 0.1) is 11.3 Å². The smallest absolute Gasteiger partial charge is 0.193 e. The maximum atomic E-state index is 13.8. The van der Waals surface area contributed by atoms with Crippen molar-refractivity contribution in [1.29, 1.82) is 5.26 Å². The van der Waals surface area contributed by atoms with E-state index in [4.69, 9.17) is 4.74 Å². The van der Waals surface area contributed by atoms with Crippen molar-refractivity contribution >= 4 is 11.4 Å². The first-order valence-corrected chi connectivity index (χ1v) is 12.2. The maximum Gasteiger partial charge on any atom is 0.193 e. The molecule has 2 aromatic carbocycles. The van der Waals surface area contributed by atoms with Crippen LogP contribution in [0.15, 0.2) is 35.9 Å². The third-order valence-corrected chi connectivity index (χ3v) is 7.82. The largest absolute Gasteiger partial charge is 0.379 e. The summed E-state index contributed by atoms with van der Waals surface area (Å²) in [5.74, 6) is 0.150. The van der Waals surface area contributed by atoms with Gasteiger partial charge in [-0.2, -0.15) is 5.26 Å². The Kier molecular flexibility index (Phi) is 5.72. The number of Topliss-reactive ketones (excluding diaryl/α,β-unsaturated/α-hetero) is 1. The molecule has 0 radical (unpaired) electrons. The van der Waals surface area contributed by atoms with Gasteiger partial charge in [-0.15, -0.1) is 0 Å². The summed E-state index contributed by atoms with van der Waals surface area (Å²) in [6.45, 7) is 11.5. The minimum Gasteiger partial charge on any atom is -0.379 e. The highest BCUT2D eigenvalue weighted by molar-refractivity contribution is 6.33. The first-order chi connectivity index (χ1) is 15.9. The molecule has 2 aliphatic carbocycles. The minimum absolute atomic E-state index is 0.150. The molecule has 170 valence electrons. The first-order valence-electron chi connectivity index (χ1n) is 12.2. The number of nitriles is 1. The van der Waals surface area contributed by atoms with Crippen LogP contribution in [0.2, 0.25) is 0 Å². The van der Waals surface area contributed by atoms with Gasteiger partial charge in [-0.05, 0) is 83.8 Å². The fraction of sp³-hybridized carbons (Fsp3) is 0.448. The number of allylic oxidation sites excluding steroid dienone is 2. The van der Waals surface area contributed by atoms with Crippen LogP contribution in [0.3, 0.4) is 0 Å². The van der Waals surface area contributed by atoms with Crippen molar-refractivity contribution in [1.82, 2.24) is 4.90 Å². The van der Waals surface area contributed by atoms with Crippen molar-refractivity contribution in [2.75, 3.05) is 32.8 Å². The molecule has 5 rings (SSSR count). The van der Waals surface area contributed by atoms with E-state index in [0.29, 0.717) is 5.56 Å². The molecule has 1 saturated heterocycles. The first kappa shape index (κ1) is 22.1. The van der Waals surface area contributed by atoms with Gasteiger partial charge in [0.1, 0.15) is 0 Å². The number of hydrogen-bond acceptors (Lipinski definition) is 4. The fourth-order valence-corrected chi connectivity index (χ4v) is 5.86. The molecule has 0 saturated carbocycles. The molecular formula is C29H32N2O2. The van der Waals surface area contributed by atoms with Crippen LogP contribution in [0.25, 0.3) is 5.57 Å². The Morgan fingerprint density at radius 2 is 1.88 bits per heavy atom. The predicted molar refractivity (Wildman–Crippen MR) is 131 cm³/mol. The normalized spacial score (nSPS) is 19.2. The number of hydrogen-bond donors (Lipinski definition) is 0. The number of ketones is 1. The number of fused-ring (bicyclic) bond motifs is 3. The van der Waals surface area contributed by atoms with Gasteiger partial charge >= 0.3 is 0 Å². The van der Waals surface area contributed by atoms with E-state index in [2.05, 4.69) is 43.9 Å². The predicted octanol–water partition coefficient (Wildman–Crippen LogP) is 4.87. The molecule has 1 fully saturated rings. The molecule has 3 aliphatic rings. The minimum atomic E-state index is -0.213. The van der Waals surface area contributed by atoms with E-state index in [1.54, 1.807) is 0 Å². The molecule has 33 heavy (non-hydrogen) atoms. The van der Waals surface area contributed by atoms with Crippen LogP contribution >= 0.6 is 0 Å². The standard InChI is InChI=1S/C29H32N2O2/c1-4-20-15-24-25(16-21(20)6-5-9-31-10-12-33-13-11-31)29(2,3)26-17-22-14-19(18-30)7-8-23(22)27(26)28(24)32/h7-8,14-16H,4-6,9-13,17H2,1-3H3. The molecule has 0 bridgehead atoms. The number of ether oxygens (including phenoxy) is 1. The van der Waals surface area contributed by atoms with Crippen molar-refractivity contribution in [3.8, 4) is 6.07 Å². The lowest BCUT2D eigenvalue weighted by atomic mass is 9.67. The van der Waals surface area contributed by atoms with Gasteiger partial charge in [-0.1, -0.05) is 32.9 Å². The highest BCUT2D eigenvalue weighted by atomic mass is 16.5. The fourth-order valence-electron chi connectivity index (χ4n) is 5.86. The Morgan fingerprint density at radius 1 is 1.09 bits per heavy atom. The zero-order valence-corrected chi connectivity index (χ0v) is 20.0. The van der Waals surface area contributed by atoms with Crippen molar-refractivity contribution < 1.29 is 9.53 Å². The summed E-state index contributed by atoms with van der Waals surface area (Å²) in [5, 5.41) is 9.33. The number of aryl methyl sites for hydroxylation is 2. The quantitative estimate of drug-likeness (QED) is 0.666. The van der Waals surface area contributed by atoms with Crippen molar-refractivity contribution in [2.24, 2.45) is 0 Å². The molecule has 4 nitrogen and oxygen atoms in total. The summed E-state index contributed by atoms with van der Waals surface area (Å²) in [4.78, 5) is 16.3. The van der Waals surface area contributed by atoms with Crippen LogP contribution < -0.4 is 0 Å². The average molecular weight is 441 g/mol. The Morgan fingerprint density at radius 3 is 2.61 bits per heavy atom. The third-order valence-electron chi connectivity index (χ3n) is 7.82. The Hall–Kier alpha value is -2.74. The molecule has 0 aromatic heterocycles. The Labute approximate surface area is 196 Å². The van der Waals surface area contributed by atoms with Gasteiger partial charge in [-0.25, -0.2) is 0 Å². The SMILES string of the molecule is CCc1cc2c(cc1CCCN1CCOCC1)C(C)(C)C1=C(C2=O)c2ccc(C#N)cc2C1. The summed E-state index contributed by atoms with van der Waals surface area (Å²) < 4.78 is 5.47. The zero-order chi connectivity index (χ0) is 23.2. The highest BCUT2D eigenvalue weighted by Gasteiger charge is 2.43. The highest BCUT2D eigenvalue weighted by Crippen LogP contribution is 2.50. The van der Waals surface area contributed by atoms with E-state index in [0.717, 1.165) is 86.4 Å². The molecule has 2 aromatic rings. The molecule has 1 aliphatic heterocycles. The van der Waals surface area contributed by atoms with Gasteiger partial charge in [0.25, 0.3) is 0 Å². The number of carbonyl (C=O) groups excluding carboxylic acids is 1. The molecule has 0 N–H and O–H groups in total. The molecule has 0 unspecified atom stereocenters. The lowest BCUT2D eigenvalue weighted by molar-refractivity contribution is 0.0374. The Bertz CT molecular complexity index is 1190. The van der Waals surface area contributed by atoms with Crippen molar-refractivity contribution in [3.05, 3.63) is 74.8 Å². The van der Waals surface area contributed by atoms with Crippen LogP contribution in [-0.2, 0) is 29.4 Å². The van der Waals surface area contributed by atoms with Crippen molar-refractivity contribution in [3.63, 3.8) is 0 Å². The lowest BCUT2D eigenvalue weighted by Gasteiger charge is -2.35. The monoisotopic (exact) mass is 440 g/mol. The van der Waals surface area contributed by atoms with Gasteiger partial charge in [0, 0.05) is 29.6 Å². The van der Waals surface area contributed by atoms with E-state index in [1.807, 2.05) is 18.2 Å². The molecular weight excluding hydrogens is 408 g/mol. The van der Waals surface area contributed by atoms with Gasteiger partial charge in [0.05, 0.1) is 24.8 Å². The number of benzene rings is 2.